The van der Waals surface area contributed by atoms with Crippen LogP contribution < -0.4 is 20.2 Å². The lowest BCUT2D eigenvalue weighted by molar-refractivity contribution is -0.116. The molecule has 3 aromatic carbocycles. The molecule has 8 nitrogen and oxygen atoms in total. The number of aromatic nitrogens is 3. The van der Waals surface area contributed by atoms with Crippen LogP contribution in [-0.2, 0) is 17.9 Å². The second-order valence-electron chi connectivity index (χ2n) is 7.33. The highest BCUT2D eigenvalue weighted by Crippen LogP contribution is 2.22. The van der Waals surface area contributed by atoms with E-state index < -0.39 is 0 Å². The summed E-state index contributed by atoms with van der Waals surface area (Å²) in [6.45, 7) is 0.606. The zero-order chi connectivity index (χ0) is 23.8. The molecular formula is C25H25N5O3S. The van der Waals surface area contributed by atoms with Crippen molar-refractivity contribution in [3.8, 4) is 11.5 Å². The van der Waals surface area contributed by atoms with E-state index in [1.54, 1.807) is 18.1 Å². The van der Waals surface area contributed by atoms with E-state index in [-0.39, 0.29) is 18.3 Å². The second kappa shape index (κ2) is 11.2. The Morgan fingerprint density at radius 1 is 0.971 bits per heavy atom. The molecule has 1 heterocycles. The largest absolute Gasteiger partial charge is 0.497 e. The first-order valence-electron chi connectivity index (χ1n) is 10.6. The highest BCUT2D eigenvalue weighted by atomic mass is 32.2. The number of thioether (sulfide) groups is 1. The quantitative estimate of drug-likeness (QED) is 0.274. The van der Waals surface area contributed by atoms with E-state index in [0.29, 0.717) is 29.0 Å². The van der Waals surface area contributed by atoms with Crippen LogP contribution in [0, 0.1) is 0 Å². The summed E-state index contributed by atoms with van der Waals surface area (Å²) in [5.41, 5.74) is 1.88. The molecule has 0 spiro atoms. The molecule has 0 aliphatic carbocycles. The van der Waals surface area contributed by atoms with Crippen LogP contribution in [0.1, 0.15) is 11.4 Å². The Hall–Kier alpha value is -3.98. The molecule has 1 aromatic heterocycles. The molecule has 34 heavy (non-hydrogen) atoms. The van der Waals surface area contributed by atoms with E-state index in [0.717, 1.165) is 11.3 Å². The molecule has 0 radical (unpaired) electrons. The molecule has 0 saturated carbocycles. The molecule has 0 saturated heterocycles. The molecule has 4 rings (SSSR count). The number of anilines is 1. The van der Waals surface area contributed by atoms with Gasteiger partial charge in [0.1, 0.15) is 18.1 Å². The number of nitrogens with zero attached hydrogens (tertiary/aromatic N) is 4. The SMILES string of the molecule is COc1cccc(OCc2nnc(SCC(=O)N(Cc3ccccc3)c3ccccc3)n2N)c1. The van der Waals surface area contributed by atoms with Crippen LogP contribution in [-0.4, -0.2) is 33.6 Å². The van der Waals surface area contributed by atoms with Gasteiger partial charge in [0.2, 0.25) is 11.1 Å². The van der Waals surface area contributed by atoms with Crippen molar-refractivity contribution in [2.75, 3.05) is 23.6 Å². The molecule has 0 atom stereocenters. The Morgan fingerprint density at radius 2 is 1.68 bits per heavy atom. The van der Waals surface area contributed by atoms with Gasteiger partial charge in [-0.25, -0.2) is 4.68 Å². The Bertz CT molecular complexity index is 1220. The van der Waals surface area contributed by atoms with Gasteiger partial charge in [-0.15, -0.1) is 10.2 Å². The van der Waals surface area contributed by atoms with Gasteiger partial charge in [0, 0.05) is 11.8 Å². The van der Waals surface area contributed by atoms with Gasteiger partial charge in [0.05, 0.1) is 19.4 Å². The van der Waals surface area contributed by atoms with Crippen LogP contribution >= 0.6 is 11.8 Å². The molecule has 0 aliphatic heterocycles. The normalized spacial score (nSPS) is 10.6. The van der Waals surface area contributed by atoms with E-state index in [1.807, 2.05) is 78.9 Å². The van der Waals surface area contributed by atoms with E-state index in [1.165, 1.54) is 16.4 Å². The van der Waals surface area contributed by atoms with Gasteiger partial charge in [0.15, 0.2) is 5.82 Å². The summed E-state index contributed by atoms with van der Waals surface area (Å²) in [4.78, 5) is 14.9. The van der Waals surface area contributed by atoms with Crippen LogP contribution in [0.15, 0.2) is 90.1 Å². The number of carbonyl (C=O) groups excluding carboxylic acids is 1. The third-order valence-electron chi connectivity index (χ3n) is 5.02. The maximum Gasteiger partial charge on any atom is 0.237 e. The average Bonchev–Trinajstić information content (AvgIpc) is 3.24. The maximum absolute atomic E-state index is 13.2. The van der Waals surface area contributed by atoms with Gasteiger partial charge in [-0.2, -0.15) is 0 Å². The minimum Gasteiger partial charge on any atom is -0.497 e. The Labute approximate surface area is 202 Å². The lowest BCUT2D eigenvalue weighted by Gasteiger charge is -2.23. The average molecular weight is 476 g/mol. The van der Waals surface area contributed by atoms with Crippen LogP contribution in [0.5, 0.6) is 11.5 Å². The number of amides is 1. The minimum atomic E-state index is -0.0581. The van der Waals surface area contributed by atoms with Crippen molar-refractivity contribution in [1.82, 2.24) is 14.9 Å². The topological polar surface area (TPSA) is 95.5 Å². The lowest BCUT2D eigenvalue weighted by atomic mass is 10.2. The van der Waals surface area contributed by atoms with Crippen molar-refractivity contribution in [2.45, 2.75) is 18.3 Å². The lowest BCUT2D eigenvalue weighted by Crippen LogP contribution is -2.32. The smallest absolute Gasteiger partial charge is 0.237 e. The summed E-state index contributed by atoms with van der Waals surface area (Å²) >= 11 is 1.23. The van der Waals surface area contributed by atoms with E-state index in [4.69, 9.17) is 15.3 Å². The fourth-order valence-corrected chi connectivity index (χ4v) is 4.00. The van der Waals surface area contributed by atoms with Crippen molar-refractivity contribution in [3.63, 3.8) is 0 Å². The molecule has 2 N–H and O–H groups in total. The van der Waals surface area contributed by atoms with Gasteiger partial charge >= 0.3 is 0 Å². The fourth-order valence-electron chi connectivity index (χ4n) is 3.24. The van der Waals surface area contributed by atoms with Gasteiger partial charge in [-0.3, -0.25) is 4.79 Å². The van der Waals surface area contributed by atoms with Gasteiger partial charge < -0.3 is 20.2 Å². The standard InChI is InChI=1S/C25H25N5O3S/c1-32-21-13-8-14-22(15-21)33-17-23-27-28-25(30(23)26)34-18-24(31)29(20-11-6-3-7-12-20)16-19-9-4-2-5-10-19/h2-15H,16-18,26H2,1H3. The van der Waals surface area contributed by atoms with E-state index >= 15 is 0 Å². The van der Waals surface area contributed by atoms with Crippen molar-refractivity contribution < 1.29 is 14.3 Å². The third-order valence-corrected chi connectivity index (χ3v) is 5.95. The molecule has 0 aliphatic rings. The van der Waals surface area contributed by atoms with Gasteiger partial charge in [-0.1, -0.05) is 66.4 Å². The molecule has 0 fully saturated rings. The van der Waals surface area contributed by atoms with Crippen LogP contribution in [0.2, 0.25) is 0 Å². The number of nitrogens with two attached hydrogens (primary N) is 1. The molecule has 0 unspecified atom stereocenters. The van der Waals surface area contributed by atoms with E-state index in [2.05, 4.69) is 10.2 Å². The van der Waals surface area contributed by atoms with Crippen molar-refractivity contribution in [1.29, 1.82) is 0 Å². The number of benzene rings is 3. The number of methoxy groups -OCH3 is 1. The second-order valence-corrected chi connectivity index (χ2v) is 8.27. The molecule has 9 heteroatoms. The number of rotatable bonds is 10. The summed E-state index contributed by atoms with van der Waals surface area (Å²) in [7, 11) is 1.60. The summed E-state index contributed by atoms with van der Waals surface area (Å²) in [5, 5.41) is 8.67. The van der Waals surface area contributed by atoms with Gasteiger partial charge in [0.25, 0.3) is 0 Å². The Morgan fingerprint density at radius 3 is 2.41 bits per heavy atom. The monoisotopic (exact) mass is 475 g/mol. The summed E-state index contributed by atoms with van der Waals surface area (Å²) in [6.07, 6.45) is 0. The summed E-state index contributed by atoms with van der Waals surface area (Å²) in [5.74, 6) is 8.04. The van der Waals surface area contributed by atoms with Crippen molar-refractivity contribution >= 4 is 23.4 Å². The van der Waals surface area contributed by atoms with Crippen LogP contribution in [0.3, 0.4) is 0 Å². The highest BCUT2D eigenvalue weighted by molar-refractivity contribution is 7.99. The number of carbonyl (C=O) groups is 1. The third kappa shape index (κ3) is 5.87. The summed E-state index contributed by atoms with van der Waals surface area (Å²) in [6, 6.07) is 26.7. The summed E-state index contributed by atoms with van der Waals surface area (Å²) < 4.78 is 12.3. The highest BCUT2D eigenvalue weighted by Gasteiger charge is 2.19. The van der Waals surface area contributed by atoms with Crippen LogP contribution in [0.4, 0.5) is 5.69 Å². The molecule has 1 amide bonds. The molecular weight excluding hydrogens is 450 g/mol. The van der Waals surface area contributed by atoms with Crippen molar-refractivity contribution in [2.24, 2.45) is 0 Å². The first kappa shape index (κ1) is 23.2. The Balaban J connectivity index is 1.40. The number of hydrogen-bond acceptors (Lipinski definition) is 7. The minimum absolute atomic E-state index is 0.0581. The first-order valence-corrected chi connectivity index (χ1v) is 11.6. The zero-order valence-corrected chi connectivity index (χ0v) is 19.5. The number of nitrogen functional groups attached to an aromatic ring is 1. The van der Waals surface area contributed by atoms with E-state index in [9.17, 15) is 4.79 Å². The molecule has 0 bridgehead atoms. The Kier molecular flexibility index (Phi) is 7.67. The predicted molar refractivity (Wildman–Crippen MR) is 132 cm³/mol. The number of hydrogen-bond donors (Lipinski definition) is 1. The van der Waals surface area contributed by atoms with Crippen molar-refractivity contribution in [3.05, 3.63) is 96.3 Å². The first-order chi connectivity index (χ1) is 16.6. The molecule has 4 aromatic rings. The zero-order valence-electron chi connectivity index (χ0n) is 18.7. The predicted octanol–water partition coefficient (Wildman–Crippen LogP) is 3.91. The maximum atomic E-state index is 13.2. The number of ether oxygens (including phenoxy) is 2. The molecule has 174 valence electrons. The fraction of sp³-hybridized carbons (Fsp3) is 0.160. The van der Waals surface area contributed by atoms with Crippen LogP contribution in [0.25, 0.3) is 0 Å². The van der Waals surface area contributed by atoms with Gasteiger partial charge in [-0.05, 0) is 29.8 Å². The number of para-hydroxylation sites is 1.